The fourth-order valence-corrected chi connectivity index (χ4v) is 5.91. The molecule has 0 aliphatic heterocycles. The van der Waals surface area contributed by atoms with Gasteiger partial charge in [0, 0.05) is 43.3 Å². The molecule has 0 radical (unpaired) electrons. The number of nitrogens with two attached hydrogens (primary N) is 4. The molecule has 0 fully saturated rings. The van der Waals surface area contributed by atoms with E-state index < -0.39 is 0 Å². The summed E-state index contributed by atoms with van der Waals surface area (Å²) in [5.41, 5.74) is 21.0. The third kappa shape index (κ3) is 151. The standard InChI is InChI=1S/2C12H27N.2C8H19N.C6H15N.C5H13N.3C4H11N/c1-10(2)7-13(8-11(3)4)9-12(5)6;1-4-7-10-13(11-8-5-2)12-9-6-3;1-7(2)5-9-6-8(3)4;1-3-5-7-9-8-6-4-2;1-5(2)7-6(3)4;1-2-3-4-5-6;1-4(2,3)5;1-3-4(2)5;1-2-3-4-5/h10-12H,7-9H2,1-6H3;4-12H2,1-3H3;7-9H,5-6H2,1-4H3;9H,3-8H2,1-2H3;5-7H,1-4H3;2-6H2,1H3;5H2,1-3H3;4H,3,5H2,1-2H3;2-5H2,1H3. The van der Waals surface area contributed by atoms with Gasteiger partial charge in [0.1, 0.15) is 0 Å². The van der Waals surface area contributed by atoms with Crippen molar-refractivity contribution >= 4 is 0 Å². The van der Waals surface area contributed by atoms with Crippen molar-refractivity contribution in [3.63, 3.8) is 0 Å². The third-order valence-corrected chi connectivity index (χ3v) is 9.55. The van der Waals surface area contributed by atoms with Crippen LogP contribution in [0, 0.1) is 29.6 Å². The highest BCUT2D eigenvalue weighted by Crippen LogP contribution is 2.07. The third-order valence-electron chi connectivity index (χ3n) is 9.55. The average molecular weight is 1040 g/mol. The lowest BCUT2D eigenvalue weighted by Gasteiger charge is -2.27. The largest absolute Gasteiger partial charge is 0.330 e. The molecule has 0 spiro atoms. The summed E-state index contributed by atoms with van der Waals surface area (Å²) in [5, 5.41) is 10.1. The van der Waals surface area contributed by atoms with Crippen LogP contribution < -0.4 is 38.9 Å². The van der Waals surface area contributed by atoms with Crippen molar-refractivity contribution in [3.05, 3.63) is 0 Å². The zero-order valence-corrected chi connectivity index (χ0v) is 55.6. The normalized spacial score (nSPS) is 11.2. The maximum Gasteiger partial charge on any atom is 0.00686 e. The molecule has 9 heteroatoms. The molecule has 0 aliphatic rings. The summed E-state index contributed by atoms with van der Waals surface area (Å²) in [6.45, 7) is 71.0. The van der Waals surface area contributed by atoms with Gasteiger partial charge in [-0.3, -0.25) is 0 Å². The summed E-state index contributed by atoms with van der Waals surface area (Å²) >= 11 is 0. The second kappa shape index (κ2) is 77.1. The Kier molecular flexibility index (Phi) is 97.6. The smallest absolute Gasteiger partial charge is 0.00686 e. The van der Waals surface area contributed by atoms with Gasteiger partial charge in [0.25, 0.3) is 0 Å². The molecular formula is C63H153N9. The van der Waals surface area contributed by atoms with Gasteiger partial charge in [0.2, 0.25) is 0 Å². The summed E-state index contributed by atoms with van der Waals surface area (Å²) in [6, 6.07) is 1.63. The predicted octanol–water partition coefficient (Wildman–Crippen LogP) is 15.8. The van der Waals surface area contributed by atoms with Crippen molar-refractivity contribution in [1.82, 2.24) is 25.8 Å². The van der Waals surface area contributed by atoms with Crippen LogP contribution in [0.2, 0.25) is 0 Å². The Labute approximate surface area is 461 Å². The topological polar surface area (TPSA) is 147 Å². The summed E-state index contributed by atoms with van der Waals surface area (Å²) in [4.78, 5) is 5.23. The van der Waals surface area contributed by atoms with Gasteiger partial charge in [-0.1, -0.05) is 204 Å². The van der Waals surface area contributed by atoms with E-state index in [0.29, 0.717) is 18.1 Å². The monoisotopic (exact) mass is 1040 g/mol. The van der Waals surface area contributed by atoms with Gasteiger partial charge in [-0.05, 0) is 168 Å². The van der Waals surface area contributed by atoms with Gasteiger partial charge in [-0.25, -0.2) is 0 Å². The minimum atomic E-state index is 0. The predicted molar refractivity (Wildman–Crippen MR) is 341 cm³/mol. The molecule has 0 saturated heterocycles. The van der Waals surface area contributed by atoms with Crippen molar-refractivity contribution in [2.24, 2.45) is 52.5 Å². The molecule has 1 unspecified atom stereocenters. The molecule has 0 aromatic carbocycles. The first kappa shape index (κ1) is 91.1. The van der Waals surface area contributed by atoms with Crippen LogP contribution in [-0.4, -0.2) is 112 Å². The van der Waals surface area contributed by atoms with Crippen molar-refractivity contribution in [2.45, 2.75) is 306 Å². The van der Waals surface area contributed by atoms with Crippen LogP contribution in [-0.2, 0) is 0 Å². The van der Waals surface area contributed by atoms with E-state index in [1.807, 2.05) is 27.7 Å². The SMILES string of the molecule is CC(C)(C)N.CC(C)CN(CC(C)C)CC(C)C.CC(C)CNCC(C)C.CC(C)NC(C)C.CCC(C)N.CCCCCN.CCCCN.CCCCN(CCCC)CCCC.CCCCNCCCC. The number of nitrogens with one attached hydrogen (secondary N) is 3. The van der Waals surface area contributed by atoms with E-state index >= 15 is 0 Å². The van der Waals surface area contributed by atoms with E-state index in [-0.39, 0.29) is 5.54 Å². The van der Waals surface area contributed by atoms with Gasteiger partial charge in [0.05, 0.1) is 0 Å². The highest BCUT2D eigenvalue weighted by Gasteiger charge is 2.10. The Morgan fingerprint density at radius 1 is 0.389 bits per heavy atom. The van der Waals surface area contributed by atoms with Crippen LogP contribution in [0.15, 0.2) is 0 Å². The van der Waals surface area contributed by atoms with Crippen molar-refractivity contribution in [1.29, 1.82) is 0 Å². The maximum atomic E-state index is 5.35. The van der Waals surface area contributed by atoms with Gasteiger partial charge >= 0.3 is 0 Å². The highest BCUT2D eigenvalue weighted by molar-refractivity contribution is 4.64. The fourth-order valence-electron chi connectivity index (χ4n) is 5.91. The van der Waals surface area contributed by atoms with E-state index in [2.05, 4.69) is 178 Å². The first-order valence-corrected chi connectivity index (χ1v) is 31.1. The highest BCUT2D eigenvalue weighted by atomic mass is 15.1. The van der Waals surface area contributed by atoms with Gasteiger partial charge in [-0.15, -0.1) is 0 Å². The molecule has 0 bridgehead atoms. The Bertz CT molecular complexity index is 752. The van der Waals surface area contributed by atoms with E-state index in [4.69, 9.17) is 22.9 Å². The van der Waals surface area contributed by atoms with Crippen LogP contribution in [0.25, 0.3) is 0 Å². The zero-order chi connectivity index (χ0) is 58.2. The summed E-state index contributed by atoms with van der Waals surface area (Å²) in [5.74, 6) is 3.93. The zero-order valence-electron chi connectivity index (χ0n) is 55.6. The second-order valence-electron chi connectivity index (χ2n) is 24.1. The lowest BCUT2D eigenvalue weighted by atomic mass is 10.1. The lowest BCUT2D eigenvalue weighted by molar-refractivity contribution is 0.198. The molecular weight excluding hydrogens is 883 g/mol. The molecule has 0 amide bonds. The Balaban J connectivity index is -0.0000000907. The van der Waals surface area contributed by atoms with Crippen LogP contribution in [0.3, 0.4) is 0 Å². The Morgan fingerprint density at radius 3 is 0.819 bits per heavy atom. The van der Waals surface area contributed by atoms with Crippen LogP contribution in [0.5, 0.6) is 0 Å². The minimum absolute atomic E-state index is 0. The minimum Gasteiger partial charge on any atom is -0.330 e. The van der Waals surface area contributed by atoms with Crippen LogP contribution in [0.1, 0.15) is 283 Å². The number of hydrogen-bond donors (Lipinski definition) is 7. The van der Waals surface area contributed by atoms with E-state index in [9.17, 15) is 0 Å². The summed E-state index contributed by atoms with van der Waals surface area (Å²) in [7, 11) is 0. The molecule has 72 heavy (non-hydrogen) atoms. The molecule has 0 aliphatic carbocycles. The molecule has 0 aromatic rings. The maximum absolute atomic E-state index is 5.35. The fraction of sp³-hybridized carbons (Fsp3) is 1.00. The van der Waals surface area contributed by atoms with Crippen molar-refractivity contribution in [3.8, 4) is 0 Å². The first-order valence-electron chi connectivity index (χ1n) is 31.1. The van der Waals surface area contributed by atoms with E-state index in [0.717, 1.165) is 62.2 Å². The van der Waals surface area contributed by atoms with E-state index in [1.54, 1.807) is 0 Å². The number of nitrogens with zero attached hydrogens (tertiary/aromatic N) is 2. The van der Waals surface area contributed by atoms with Crippen LogP contribution >= 0.6 is 0 Å². The van der Waals surface area contributed by atoms with E-state index in [1.165, 1.54) is 149 Å². The second-order valence-corrected chi connectivity index (χ2v) is 24.1. The molecule has 1 atom stereocenters. The molecule has 11 N–H and O–H groups in total. The van der Waals surface area contributed by atoms with Crippen molar-refractivity contribution in [2.75, 3.05) is 78.5 Å². The molecule has 0 heterocycles. The molecule has 9 nitrogen and oxygen atoms in total. The number of rotatable bonds is 33. The molecule has 0 saturated carbocycles. The molecule has 450 valence electrons. The lowest BCUT2D eigenvalue weighted by Crippen LogP contribution is -2.34. The van der Waals surface area contributed by atoms with Gasteiger partial charge in [0.15, 0.2) is 0 Å². The van der Waals surface area contributed by atoms with Crippen LogP contribution in [0.4, 0.5) is 0 Å². The summed E-state index contributed by atoms with van der Waals surface area (Å²) in [6.07, 6.45) is 20.6. The number of unbranched alkanes of at least 4 members (excludes halogenated alkanes) is 8. The first-order chi connectivity index (χ1) is 33.5. The van der Waals surface area contributed by atoms with Crippen molar-refractivity contribution < 1.29 is 0 Å². The van der Waals surface area contributed by atoms with Gasteiger partial charge < -0.3 is 48.7 Å². The number of hydrogen-bond acceptors (Lipinski definition) is 9. The van der Waals surface area contributed by atoms with Gasteiger partial charge in [-0.2, -0.15) is 0 Å². The Morgan fingerprint density at radius 2 is 0.667 bits per heavy atom. The summed E-state index contributed by atoms with van der Waals surface area (Å²) < 4.78 is 0. The quantitative estimate of drug-likeness (QED) is 0.0319. The Hall–Kier alpha value is -0.360. The molecule has 0 rings (SSSR count). The molecule has 0 aromatic heterocycles. The average Bonchev–Trinajstić information content (AvgIpc) is 3.25.